The lowest BCUT2D eigenvalue weighted by molar-refractivity contribution is -0.117. The molecule has 0 heterocycles. The second-order valence-electron chi connectivity index (χ2n) is 4.60. The van der Waals surface area contributed by atoms with Crippen molar-refractivity contribution >= 4 is 49.0 Å². The van der Waals surface area contributed by atoms with Crippen LogP contribution in [0.2, 0.25) is 5.02 Å². The number of anilines is 1. The van der Waals surface area contributed by atoms with Crippen LogP contribution in [0.5, 0.6) is 0 Å². The molecule has 0 radical (unpaired) electrons. The molecule has 1 aromatic rings. The molecule has 0 aliphatic carbocycles. The first-order chi connectivity index (χ1) is 9.10. The molecule has 1 aromatic carbocycles. The lowest BCUT2D eigenvalue weighted by Gasteiger charge is -2.13. The fraction of sp³-hybridized carbons (Fsp3) is 0.417. The van der Waals surface area contributed by atoms with Crippen LogP contribution in [0.4, 0.5) is 5.69 Å². The first-order valence-electron chi connectivity index (χ1n) is 5.80. The molecule has 0 spiro atoms. The van der Waals surface area contributed by atoms with Gasteiger partial charge in [0.1, 0.15) is 9.84 Å². The number of hydrogen-bond acceptors (Lipinski definition) is 4. The molecule has 0 aliphatic rings. The Bertz CT molecular complexity index is 619. The van der Waals surface area contributed by atoms with Crippen LogP contribution in [-0.2, 0) is 14.6 Å². The molecule has 1 rings (SSSR count). The third-order valence-corrected chi connectivity index (χ3v) is 4.68. The van der Waals surface area contributed by atoms with Crippen LogP contribution in [0.1, 0.15) is 12.0 Å². The molecule has 8 heteroatoms. The van der Waals surface area contributed by atoms with Crippen molar-refractivity contribution in [1.82, 2.24) is 0 Å². The number of halogens is 2. The van der Waals surface area contributed by atoms with Gasteiger partial charge in [-0.25, -0.2) is 8.42 Å². The number of rotatable bonds is 5. The number of carbonyl (C=O) groups excluding carboxylic acids is 1. The summed E-state index contributed by atoms with van der Waals surface area (Å²) in [7, 11) is -3.14. The minimum absolute atomic E-state index is 0.0713. The smallest absolute Gasteiger partial charge is 0.241 e. The standard InChI is InChI=1S/C12H16BrClN2O3S/c1-7-5-8(13)11(6-9(7)14)16-12(17)10(15)3-4-20(2,18)19/h5-6,10H,3-4,15H2,1-2H3,(H,16,17). The van der Waals surface area contributed by atoms with Crippen molar-refractivity contribution in [2.24, 2.45) is 5.73 Å². The summed E-state index contributed by atoms with van der Waals surface area (Å²) < 4.78 is 22.8. The van der Waals surface area contributed by atoms with Crippen LogP contribution in [0, 0.1) is 6.92 Å². The third kappa shape index (κ3) is 5.40. The Hall–Kier alpha value is -0.630. The van der Waals surface area contributed by atoms with Crippen LogP contribution in [0.15, 0.2) is 16.6 Å². The van der Waals surface area contributed by atoms with E-state index >= 15 is 0 Å². The van der Waals surface area contributed by atoms with E-state index in [0.29, 0.717) is 15.2 Å². The Morgan fingerprint density at radius 1 is 1.50 bits per heavy atom. The number of aryl methyl sites for hydroxylation is 1. The normalized spacial score (nSPS) is 13.1. The third-order valence-electron chi connectivity index (χ3n) is 2.64. The maximum atomic E-state index is 11.9. The van der Waals surface area contributed by atoms with E-state index < -0.39 is 21.8 Å². The van der Waals surface area contributed by atoms with Gasteiger partial charge < -0.3 is 11.1 Å². The van der Waals surface area contributed by atoms with E-state index in [1.807, 2.05) is 6.92 Å². The zero-order valence-corrected chi connectivity index (χ0v) is 14.3. The summed E-state index contributed by atoms with van der Waals surface area (Å²) >= 11 is 9.31. The Labute approximate surface area is 131 Å². The maximum Gasteiger partial charge on any atom is 0.241 e. The zero-order chi connectivity index (χ0) is 15.5. The van der Waals surface area contributed by atoms with Crippen molar-refractivity contribution in [2.75, 3.05) is 17.3 Å². The summed E-state index contributed by atoms with van der Waals surface area (Å²) in [6.45, 7) is 1.84. The van der Waals surface area contributed by atoms with Gasteiger partial charge in [-0.15, -0.1) is 0 Å². The number of hydrogen-bond donors (Lipinski definition) is 2. The van der Waals surface area contributed by atoms with Gasteiger partial charge in [0.15, 0.2) is 0 Å². The summed E-state index contributed by atoms with van der Waals surface area (Å²) in [5, 5.41) is 3.15. The van der Waals surface area contributed by atoms with Crippen molar-refractivity contribution in [3.63, 3.8) is 0 Å². The topological polar surface area (TPSA) is 89.3 Å². The van der Waals surface area contributed by atoms with E-state index in [9.17, 15) is 13.2 Å². The molecule has 1 unspecified atom stereocenters. The molecule has 112 valence electrons. The van der Waals surface area contributed by atoms with Crippen molar-refractivity contribution in [1.29, 1.82) is 0 Å². The van der Waals surface area contributed by atoms with E-state index in [-0.39, 0.29) is 12.2 Å². The molecule has 20 heavy (non-hydrogen) atoms. The molecular formula is C12H16BrClN2O3S. The second-order valence-corrected chi connectivity index (χ2v) is 8.12. The summed E-state index contributed by atoms with van der Waals surface area (Å²) in [5.41, 5.74) is 7.04. The number of sulfone groups is 1. The highest BCUT2D eigenvalue weighted by Crippen LogP contribution is 2.29. The lowest BCUT2D eigenvalue weighted by Crippen LogP contribution is -2.37. The van der Waals surface area contributed by atoms with Gasteiger partial charge in [-0.3, -0.25) is 4.79 Å². The number of benzene rings is 1. The summed E-state index contributed by atoms with van der Waals surface area (Å²) in [5.74, 6) is -0.577. The van der Waals surface area contributed by atoms with Crippen LogP contribution >= 0.6 is 27.5 Å². The highest BCUT2D eigenvalue weighted by atomic mass is 79.9. The minimum atomic E-state index is -3.14. The van der Waals surface area contributed by atoms with Crippen LogP contribution in [-0.4, -0.2) is 32.4 Å². The molecule has 0 aromatic heterocycles. The van der Waals surface area contributed by atoms with E-state index in [2.05, 4.69) is 21.2 Å². The molecule has 0 saturated heterocycles. The van der Waals surface area contributed by atoms with Crippen molar-refractivity contribution in [3.05, 3.63) is 27.2 Å². The number of nitrogens with two attached hydrogens (primary N) is 1. The van der Waals surface area contributed by atoms with Gasteiger partial charge in [-0.05, 0) is 47.0 Å². The first-order valence-corrected chi connectivity index (χ1v) is 9.03. The van der Waals surface area contributed by atoms with E-state index in [1.54, 1.807) is 12.1 Å². The van der Waals surface area contributed by atoms with Crippen molar-refractivity contribution in [2.45, 2.75) is 19.4 Å². The van der Waals surface area contributed by atoms with E-state index in [0.717, 1.165) is 11.8 Å². The zero-order valence-electron chi connectivity index (χ0n) is 11.1. The molecule has 0 saturated carbocycles. The summed E-state index contributed by atoms with van der Waals surface area (Å²) in [6.07, 6.45) is 1.18. The molecule has 1 amide bonds. The van der Waals surface area contributed by atoms with Gasteiger partial charge in [0.2, 0.25) is 5.91 Å². The van der Waals surface area contributed by atoms with Gasteiger partial charge in [0.25, 0.3) is 0 Å². The van der Waals surface area contributed by atoms with Crippen LogP contribution < -0.4 is 11.1 Å². The highest BCUT2D eigenvalue weighted by Gasteiger charge is 2.17. The summed E-state index contributed by atoms with van der Waals surface area (Å²) in [6, 6.07) is 2.50. The highest BCUT2D eigenvalue weighted by molar-refractivity contribution is 9.10. The van der Waals surface area contributed by atoms with Crippen molar-refractivity contribution < 1.29 is 13.2 Å². The number of carbonyl (C=O) groups is 1. The van der Waals surface area contributed by atoms with E-state index in [4.69, 9.17) is 17.3 Å². The fourth-order valence-corrected chi connectivity index (χ4v) is 2.84. The Morgan fingerprint density at radius 2 is 2.10 bits per heavy atom. The van der Waals surface area contributed by atoms with Crippen LogP contribution in [0.25, 0.3) is 0 Å². The fourth-order valence-electron chi connectivity index (χ4n) is 1.44. The minimum Gasteiger partial charge on any atom is -0.324 e. The second kappa shape index (κ2) is 6.89. The summed E-state index contributed by atoms with van der Waals surface area (Å²) in [4.78, 5) is 11.9. The SMILES string of the molecule is Cc1cc(Br)c(NC(=O)C(N)CCS(C)(=O)=O)cc1Cl. The molecule has 0 bridgehead atoms. The van der Waals surface area contributed by atoms with Gasteiger partial charge >= 0.3 is 0 Å². The average Bonchev–Trinajstić information content (AvgIpc) is 2.31. The van der Waals surface area contributed by atoms with Gasteiger partial charge in [0, 0.05) is 15.8 Å². The Kier molecular flexibility index (Phi) is 6.00. The molecular weight excluding hydrogens is 368 g/mol. The first kappa shape index (κ1) is 17.4. The predicted octanol–water partition coefficient (Wildman–Crippen LogP) is 2.11. The quantitative estimate of drug-likeness (QED) is 0.815. The lowest BCUT2D eigenvalue weighted by atomic mass is 10.2. The molecule has 0 aliphatic heterocycles. The largest absolute Gasteiger partial charge is 0.324 e. The molecule has 5 nitrogen and oxygen atoms in total. The van der Waals surface area contributed by atoms with Crippen molar-refractivity contribution in [3.8, 4) is 0 Å². The Morgan fingerprint density at radius 3 is 2.65 bits per heavy atom. The number of nitrogens with one attached hydrogen (secondary N) is 1. The Balaban J connectivity index is 2.73. The van der Waals surface area contributed by atoms with Gasteiger partial charge in [-0.2, -0.15) is 0 Å². The average molecular weight is 384 g/mol. The van der Waals surface area contributed by atoms with Gasteiger partial charge in [-0.1, -0.05) is 11.6 Å². The van der Waals surface area contributed by atoms with E-state index in [1.165, 1.54) is 0 Å². The monoisotopic (exact) mass is 382 g/mol. The molecule has 3 N–H and O–H groups in total. The molecule has 0 fully saturated rings. The maximum absolute atomic E-state index is 11.9. The predicted molar refractivity (Wildman–Crippen MR) is 84.8 cm³/mol. The van der Waals surface area contributed by atoms with Gasteiger partial charge in [0.05, 0.1) is 17.5 Å². The molecule has 1 atom stereocenters. The number of amides is 1. The van der Waals surface area contributed by atoms with Crippen LogP contribution in [0.3, 0.4) is 0 Å².